The molecule has 0 heterocycles. The summed E-state index contributed by atoms with van der Waals surface area (Å²) in [5.41, 5.74) is 2.24. The third kappa shape index (κ3) is 3.43. The zero-order valence-electron chi connectivity index (χ0n) is 8.95. The number of nitrogens with one attached hydrogen (secondary N) is 1. The number of hydrogen-bond donors (Lipinski definition) is 1. The van der Waals surface area contributed by atoms with E-state index in [9.17, 15) is 4.79 Å². The molecule has 0 saturated heterocycles. The van der Waals surface area contributed by atoms with Crippen LogP contribution in [0, 0.1) is 18.3 Å². The van der Waals surface area contributed by atoms with Crippen LogP contribution >= 0.6 is 0 Å². The first-order valence-corrected chi connectivity index (χ1v) is 4.86. The molecule has 1 aromatic rings. The van der Waals surface area contributed by atoms with E-state index >= 15 is 0 Å². The zero-order valence-corrected chi connectivity index (χ0v) is 8.95. The maximum atomic E-state index is 11.2. The van der Waals surface area contributed by atoms with Gasteiger partial charge < -0.3 is 5.32 Å². The summed E-state index contributed by atoms with van der Waals surface area (Å²) in [7, 11) is 0. The van der Waals surface area contributed by atoms with Crippen LogP contribution in [0.15, 0.2) is 24.3 Å². The first-order chi connectivity index (χ1) is 7.13. The number of benzene rings is 1. The monoisotopic (exact) mass is 202 g/mol. The van der Waals surface area contributed by atoms with Crippen LogP contribution in [-0.4, -0.2) is 5.91 Å². The normalized spacial score (nSPS) is 11.5. The molecule has 0 aliphatic rings. The lowest BCUT2D eigenvalue weighted by Gasteiger charge is -2.13. The van der Waals surface area contributed by atoms with Crippen LogP contribution < -0.4 is 5.32 Å². The van der Waals surface area contributed by atoms with Crippen molar-refractivity contribution in [3.8, 4) is 6.07 Å². The predicted molar refractivity (Wildman–Crippen MR) is 58.0 cm³/mol. The molecule has 1 rings (SSSR count). The van der Waals surface area contributed by atoms with Gasteiger partial charge in [0.15, 0.2) is 0 Å². The molecule has 3 nitrogen and oxygen atoms in total. The fourth-order valence-corrected chi connectivity index (χ4v) is 1.30. The quantitative estimate of drug-likeness (QED) is 0.815. The van der Waals surface area contributed by atoms with Gasteiger partial charge in [0, 0.05) is 0 Å². The fraction of sp³-hybridized carbons (Fsp3) is 0.333. The lowest BCUT2D eigenvalue weighted by Crippen LogP contribution is -2.25. The molecule has 0 aromatic heterocycles. The lowest BCUT2D eigenvalue weighted by molar-refractivity contribution is -0.120. The average Bonchev–Trinajstić information content (AvgIpc) is 2.18. The number of hydrogen-bond acceptors (Lipinski definition) is 2. The van der Waals surface area contributed by atoms with Crippen molar-refractivity contribution in [3.63, 3.8) is 0 Å². The fourth-order valence-electron chi connectivity index (χ4n) is 1.30. The summed E-state index contributed by atoms with van der Waals surface area (Å²) >= 11 is 0. The topological polar surface area (TPSA) is 52.9 Å². The van der Waals surface area contributed by atoms with Crippen LogP contribution in [0.4, 0.5) is 0 Å². The lowest BCUT2D eigenvalue weighted by atomic mass is 10.1. The second kappa shape index (κ2) is 5.16. The van der Waals surface area contributed by atoms with E-state index in [1.54, 1.807) is 0 Å². The molecule has 1 amide bonds. The summed E-state index contributed by atoms with van der Waals surface area (Å²) < 4.78 is 0. The van der Waals surface area contributed by atoms with Crippen molar-refractivity contribution in [1.29, 1.82) is 5.26 Å². The van der Waals surface area contributed by atoms with Crippen molar-refractivity contribution in [2.45, 2.75) is 26.3 Å². The molecular formula is C12H14N2O. The molecule has 15 heavy (non-hydrogen) atoms. The minimum Gasteiger partial charge on any atom is -0.349 e. The maximum absolute atomic E-state index is 11.2. The van der Waals surface area contributed by atoms with Gasteiger partial charge in [-0.15, -0.1) is 0 Å². The van der Waals surface area contributed by atoms with E-state index in [2.05, 4.69) is 5.32 Å². The van der Waals surface area contributed by atoms with Gasteiger partial charge in [0.25, 0.3) is 0 Å². The highest BCUT2D eigenvalue weighted by Gasteiger charge is 2.08. The Morgan fingerprint density at radius 3 is 2.60 bits per heavy atom. The van der Waals surface area contributed by atoms with Crippen LogP contribution in [-0.2, 0) is 4.79 Å². The average molecular weight is 202 g/mol. The molecule has 78 valence electrons. The molecule has 1 N–H and O–H groups in total. The van der Waals surface area contributed by atoms with Gasteiger partial charge >= 0.3 is 0 Å². The molecule has 3 heteroatoms. The number of aryl methyl sites for hydroxylation is 1. The molecule has 0 fully saturated rings. The number of nitrogens with zero attached hydrogens (tertiary/aromatic N) is 1. The number of nitriles is 1. The van der Waals surface area contributed by atoms with E-state index in [0.717, 1.165) is 5.56 Å². The number of carbonyl (C=O) groups excluding carboxylic acids is 1. The van der Waals surface area contributed by atoms with E-state index in [4.69, 9.17) is 5.26 Å². The van der Waals surface area contributed by atoms with E-state index in [-0.39, 0.29) is 18.4 Å². The van der Waals surface area contributed by atoms with E-state index in [0.29, 0.717) is 0 Å². The smallest absolute Gasteiger partial charge is 0.234 e. The summed E-state index contributed by atoms with van der Waals surface area (Å²) in [6, 6.07) is 9.73. The standard InChI is InChI=1S/C12H14N2O/c1-9-3-5-11(6-4-9)10(2)14-12(15)7-8-13/h3-6,10H,7H2,1-2H3,(H,14,15)/t10-/m1/s1. The van der Waals surface area contributed by atoms with Crippen molar-refractivity contribution < 1.29 is 4.79 Å². The Labute approximate surface area is 89.7 Å². The van der Waals surface area contributed by atoms with E-state index in [1.807, 2.05) is 44.2 Å². The van der Waals surface area contributed by atoms with E-state index in [1.165, 1.54) is 5.56 Å². The highest BCUT2D eigenvalue weighted by molar-refractivity contribution is 5.78. The second-order valence-corrected chi connectivity index (χ2v) is 3.53. The largest absolute Gasteiger partial charge is 0.349 e. The molecule has 0 bridgehead atoms. The molecular weight excluding hydrogens is 188 g/mol. The van der Waals surface area contributed by atoms with Crippen molar-refractivity contribution in [1.82, 2.24) is 5.32 Å². The highest BCUT2D eigenvalue weighted by atomic mass is 16.1. The zero-order chi connectivity index (χ0) is 11.3. The second-order valence-electron chi connectivity index (χ2n) is 3.53. The Morgan fingerprint density at radius 2 is 2.07 bits per heavy atom. The highest BCUT2D eigenvalue weighted by Crippen LogP contribution is 2.12. The Hall–Kier alpha value is -1.82. The first-order valence-electron chi connectivity index (χ1n) is 4.86. The van der Waals surface area contributed by atoms with Gasteiger partial charge in [-0.2, -0.15) is 5.26 Å². The Balaban J connectivity index is 2.61. The third-order valence-corrected chi connectivity index (χ3v) is 2.19. The summed E-state index contributed by atoms with van der Waals surface area (Å²) in [5, 5.41) is 11.1. The van der Waals surface area contributed by atoms with Crippen molar-refractivity contribution in [2.75, 3.05) is 0 Å². The van der Waals surface area contributed by atoms with E-state index < -0.39 is 0 Å². The van der Waals surface area contributed by atoms with Crippen LogP contribution in [0.5, 0.6) is 0 Å². The summed E-state index contributed by atoms with van der Waals surface area (Å²) in [6.45, 7) is 3.92. The van der Waals surface area contributed by atoms with Gasteiger partial charge in [0.05, 0.1) is 12.1 Å². The van der Waals surface area contributed by atoms with Gasteiger partial charge in [0.2, 0.25) is 5.91 Å². The summed E-state index contributed by atoms with van der Waals surface area (Å²) in [5.74, 6) is -0.231. The molecule has 0 saturated carbocycles. The summed E-state index contributed by atoms with van der Waals surface area (Å²) in [4.78, 5) is 11.2. The van der Waals surface area contributed by atoms with Gasteiger partial charge in [-0.1, -0.05) is 29.8 Å². The molecule has 0 aliphatic carbocycles. The third-order valence-electron chi connectivity index (χ3n) is 2.19. The van der Waals surface area contributed by atoms with Gasteiger partial charge in [-0.25, -0.2) is 0 Å². The van der Waals surface area contributed by atoms with Crippen LogP contribution in [0.25, 0.3) is 0 Å². The Morgan fingerprint density at radius 1 is 1.47 bits per heavy atom. The molecule has 1 atom stereocenters. The maximum Gasteiger partial charge on any atom is 0.234 e. The Bertz CT molecular complexity index is 376. The van der Waals surface area contributed by atoms with Crippen LogP contribution in [0.2, 0.25) is 0 Å². The van der Waals surface area contributed by atoms with Crippen LogP contribution in [0.3, 0.4) is 0 Å². The summed E-state index contributed by atoms with van der Waals surface area (Å²) in [6.07, 6.45) is -0.0871. The molecule has 1 aromatic carbocycles. The number of carbonyl (C=O) groups is 1. The van der Waals surface area contributed by atoms with Gasteiger partial charge in [-0.3, -0.25) is 4.79 Å². The first kappa shape index (κ1) is 11.3. The minimum atomic E-state index is -0.231. The predicted octanol–water partition coefficient (Wildman–Crippen LogP) is 2.09. The van der Waals surface area contributed by atoms with Crippen molar-refractivity contribution >= 4 is 5.91 Å². The SMILES string of the molecule is Cc1ccc([C@@H](C)NC(=O)CC#N)cc1. The van der Waals surface area contributed by atoms with Gasteiger partial charge in [-0.05, 0) is 19.4 Å². The number of amides is 1. The van der Waals surface area contributed by atoms with Crippen LogP contribution in [0.1, 0.15) is 30.5 Å². The number of rotatable bonds is 3. The Kier molecular flexibility index (Phi) is 3.87. The van der Waals surface area contributed by atoms with Crippen molar-refractivity contribution in [3.05, 3.63) is 35.4 Å². The minimum absolute atomic E-state index is 0.0496. The van der Waals surface area contributed by atoms with Crippen molar-refractivity contribution in [2.24, 2.45) is 0 Å². The molecule has 0 spiro atoms. The molecule has 0 radical (unpaired) electrons. The molecule has 0 aliphatic heterocycles. The molecule has 0 unspecified atom stereocenters. The van der Waals surface area contributed by atoms with Gasteiger partial charge in [0.1, 0.15) is 6.42 Å².